The summed E-state index contributed by atoms with van der Waals surface area (Å²) in [6.45, 7) is 0. The molecule has 0 saturated carbocycles. The molecule has 1 atom stereocenters. The largest absolute Gasteiger partial charge is 0.497 e. The summed E-state index contributed by atoms with van der Waals surface area (Å²) < 4.78 is 20.4. The van der Waals surface area contributed by atoms with Crippen molar-refractivity contribution in [3.05, 3.63) is 47.5 Å². The van der Waals surface area contributed by atoms with Gasteiger partial charge in [0.25, 0.3) is 0 Å². The molecule has 2 N–H and O–H groups in total. The van der Waals surface area contributed by atoms with E-state index in [1.807, 2.05) is 0 Å². The molecule has 1 heterocycles. The number of hydrogen-bond acceptors (Lipinski definition) is 3. The molecule has 0 aliphatic heterocycles. The van der Waals surface area contributed by atoms with Gasteiger partial charge < -0.3 is 10.5 Å². The fraction of sp³-hybridized carbons (Fsp3) is 0.250. The molecule has 0 amide bonds. The van der Waals surface area contributed by atoms with Crippen LogP contribution in [-0.2, 0) is 7.05 Å². The lowest BCUT2D eigenvalue weighted by Gasteiger charge is -2.11. The molecule has 5 heteroatoms. The van der Waals surface area contributed by atoms with E-state index >= 15 is 0 Å². The highest BCUT2D eigenvalue weighted by atomic mass is 19.1. The Morgan fingerprint density at radius 1 is 1.47 bits per heavy atom. The summed E-state index contributed by atoms with van der Waals surface area (Å²) in [7, 11) is 3.29. The van der Waals surface area contributed by atoms with Crippen LogP contribution in [0.2, 0.25) is 0 Å². The maximum Gasteiger partial charge on any atom is 0.132 e. The number of rotatable bonds is 3. The quantitative estimate of drug-likeness (QED) is 0.879. The van der Waals surface area contributed by atoms with Gasteiger partial charge in [-0.3, -0.25) is 4.68 Å². The number of nitrogens with zero attached hydrogens (tertiary/aromatic N) is 2. The Bertz CT molecular complexity index is 524. The van der Waals surface area contributed by atoms with Gasteiger partial charge in [-0.1, -0.05) is 6.07 Å². The molecular formula is C12H14FN3O. The minimum Gasteiger partial charge on any atom is -0.497 e. The van der Waals surface area contributed by atoms with Gasteiger partial charge in [0, 0.05) is 30.4 Å². The molecule has 0 spiro atoms. The summed E-state index contributed by atoms with van der Waals surface area (Å²) in [6, 6.07) is 4.13. The van der Waals surface area contributed by atoms with Gasteiger partial charge in [0.2, 0.25) is 0 Å². The predicted octanol–water partition coefficient (Wildman–Crippen LogP) is 1.62. The molecule has 90 valence electrons. The highest BCUT2D eigenvalue weighted by Crippen LogP contribution is 2.24. The molecule has 2 aromatic rings. The summed E-state index contributed by atoms with van der Waals surface area (Å²) in [5.41, 5.74) is 7.19. The second-order valence-corrected chi connectivity index (χ2v) is 3.81. The normalized spacial score (nSPS) is 12.5. The third kappa shape index (κ3) is 2.29. The Kier molecular flexibility index (Phi) is 3.10. The van der Waals surface area contributed by atoms with Crippen molar-refractivity contribution in [2.45, 2.75) is 6.04 Å². The van der Waals surface area contributed by atoms with Crippen LogP contribution in [0.5, 0.6) is 5.75 Å². The monoisotopic (exact) mass is 235 g/mol. The summed E-state index contributed by atoms with van der Waals surface area (Å²) in [5.74, 6) is 0.102. The summed E-state index contributed by atoms with van der Waals surface area (Å²) >= 11 is 0. The second kappa shape index (κ2) is 4.55. The topological polar surface area (TPSA) is 53.1 Å². The van der Waals surface area contributed by atoms with Crippen molar-refractivity contribution >= 4 is 0 Å². The van der Waals surface area contributed by atoms with Gasteiger partial charge >= 0.3 is 0 Å². The average Bonchev–Trinajstić information content (AvgIpc) is 2.75. The van der Waals surface area contributed by atoms with Crippen LogP contribution < -0.4 is 10.5 Å². The van der Waals surface area contributed by atoms with Crippen molar-refractivity contribution in [2.75, 3.05) is 7.11 Å². The zero-order chi connectivity index (χ0) is 12.4. The molecule has 0 bridgehead atoms. The smallest absolute Gasteiger partial charge is 0.132 e. The molecule has 4 nitrogen and oxygen atoms in total. The van der Waals surface area contributed by atoms with E-state index in [1.165, 1.54) is 13.2 Å². The van der Waals surface area contributed by atoms with Crippen molar-refractivity contribution in [3.8, 4) is 5.75 Å². The SMILES string of the molecule is COc1ccc(C(N)c2cnn(C)c2)c(F)c1. The molecule has 0 aliphatic carbocycles. The fourth-order valence-electron chi connectivity index (χ4n) is 1.67. The van der Waals surface area contributed by atoms with Gasteiger partial charge in [0.05, 0.1) is 19.3 Å². The molecular weight excluding hydrogens is 221 g/mol. The van der Waals surface area contributed by atoms with E-state index in [9.17, 15) is 4.39 Å². The van der Waals surface area contributed by atoms with Gasteiger partial charge in [-0.25, -0.2) is 4.39 Å². The van der Waals surface area contributed by atoms with Crippen LogP contribution in [0.3, 0.4) is 0 Å². The molecule has 0 radical (unpaired) electrons. The first-order valence-corrected chi connectivity index (χ1v) is 5.19. The zero-order valence-electron chi connectivity index (χ0n) is 9.72. The van der Waals surface area contributed by atoms with Gasteiger partial charge in [-0.15, -0.1) is 0 Å². The molecule has 2 rings (SSSR count). The lowest BCUT2D eigenvalue weighted by molar-refractivity contribution is 0.410. The van der Waals surface area contributed by atoms with E-state index in [2.05, 4.69) is 5.10 Å². The Morgan fingerprint density at radius 3 is 2.76 bits per heavy atom. The summed E-state index contributed by atoms with van der Waals surface area (Å²) in [4.78, 5) is 0. The Labute approximate surface area is 98.8 Å². The molecule has 1 aromatic heterocycles. The molecule has 0 saturated heterocycles. The van der Waals surface area contributed by atoms with Crippen LogP contribution in [0.1, 0.15) is 17.2 Å². The molecule has 0 fully saturated rings. The molecule has 0 aliphatic rings. The first kappa shape index (κ1) is 11.6. The van der Waals surface area contributed by atoms with Gasteiger partial charge in [0.15, 0.2) is 0 Å². The van der Waals surface area contributed by atoms with Crippen LogP contribution in [0.4, 0.5) is 4.39 Å². The maximum absolute atomic E-state index is 13.8. The van der Waals surface area contributed by atoms with E-state index < -0.39 is 6.04 Å². The first-order chi connectivity index (χ1) is 8.11. The standard InChI is InChI=1S/C12H14FN3O/c1-16-7-8(6-15-16)12(14)10-4-3-9(17-2)5-11(10)13/h3-7,12H,14H2,1-2H3. The number of hydrogen-bond donors (Lipinski definition) is 1. The number of ether oxygens (including phenoxy) is 1. The molecule has 17 heavy (non-hydrogen) atoms. The first-order valence-electron chi connectivity index (χ1n) is 5.19. The highest BCUT2D eigenvalue weighted by Gasteiger charge is 2.15. The third-order valence-electron chi connectivity index (χ3n) is 2.63. The number of aryl methyl sites for hydroxylation is 1. The lowest BCUT2D eigenvalue weighted by Crippen LogP contribution is -2.13. The van der Waals surface area contributed by atoms with E-state index in [-0.39, 0.29) is 5.82 Å². The lowest BCUT2D eigenvalue weighted by atomic mass is 10.0. The predicted molar refractivity (Wildman–Crippen MR) is 62.2 cm³/mol. The second-order valence-electron chi connectivity index (χ2n) is 3.81. The third-order valence-corrected chi connectivity index (χ3v) is 2.63. The van der Waals surface area contributed by atoms with Crippen molar-refractivity contribution in [2.24, 2.45) is 12.8 Å². The van der Waals surface area contributed by atoms with E-state index in [0.29, 0.717) is 11.3 Å². The van der Waals surface area contributed by atoms with Crippen molar-refractivity contribution in [1.82, 2.24) is 9.78 Å². The average molecular weight is 235 g/mol. The summed E-state index contributed by atoms with van der Waals surface area (Å²) in [5, 5.41) is 4.02. The van der Waals surface area contributed by atoms with Crippen molar-refractivity contribution in [3.63, 3.8) is 0 Å². The molecule has 1 aromatic carbocycles. The van der Waals surface area contributed by atoms with Crippen LogP contribution in [0, 0.1) is 5.82 Å². The van der Waals surface area contributed by atoms with Crippen LogP contribution in [0.15, 0.2) is 30.6 Å². The fourth-order valence-corrected chi connectivity index (χ4v) is 1.67. The number of methoxy groups -OCH3 is 1. The van der Waals surface area contributed by atoms with E-state index in [0.717, 1.165) is 5.56 Å². The number of nitrogens with two attached hydrogens (primary N) is 1. The molecule has 1 unspecified atom stereocenters. The minimum atomic E-state index is -0.519. The highest BCUT2D eigenvalue weighted by molar-refractivity contribution is 5.35. The van der Waals surface area contributed by atoms with Gasteiger partial charge in [-0.2, -0.15) is 5.10 Å². The van der Waals surface area contributed by atoms with Crippen LogP contribution >= 0.6 is 0 Å². The number of benzene rings is 1. The maximum atomic E-state index is 13.8. The number of halogens is 1. The van der Waals surface area contributed by atoms with E-state index in [1.54, 1.807) is 36.3 Å². The van der Waals surface area contributed by atoms with Gasteiger partial charge in [0.1, 0.15) is 11.6 Å². The van der Waals surface area contributed by atoms with Gasteiger partial charge in [-0.05, 0) is 6.07 Å². The Balaban J connectivity index is 2.34. The Hall–Kier alpha value is -1.88. The van der Waals surface area contributed by atoms with E-state index in [4.69, 9.17) is 10.5 Å². The minimum absolute atomic E-state index is 0.374. The van der Waals surface area contributed by atoms with Crippen LogP contribution in [-0.4, -0.2) is 16.9 Å². The van der Waals surface area contributed by atoms with Crippen molar-refractivity contribution in [1.29, 1.82) is 0 Å². The Morgan fingerprint density at radius 2 is 2.24 bits per heavy atom. The van der Waals surface area contributed by atoms with Crippen molar-refractivity contribution < 1.29 is 9.13 Å². The van der Waals surface area contributed by atoms with Crippen LogP contribution in [0.25, 0.3) is 0 Å². The number of aromatic nitrogens is 2. The zero-order valence-corrected chi connectivity index (χ0v) is 9.72. The summed E-state index contributed by atoms with van der Waals surface area (Å²) in [6.07, 6.45) is 3.41.